The molecule has 3 N–H and O–H groups in total. The first-order valence-electron chi connectivity index (χ1n) is 8.60. The van der Waals surface area contributed by atoms with E-state index in [2.05, 4.69) is 5.16 Å². The van der Waals surface area contributed by atoms with E-state index in [1.165, 1.54) is 22.9 Å². The molecule has 0 atom stereocenters. The summed E-state index contributed by atoms with van der Waals surface area (Å²) in [4.78, 5) is 23.9. The van der Waals surface area contributed by atoms with Gasteiger partial charge in [-0.05, 0) is 19.1 Å². The van der Waals surface area contributed by atoms with Crippen LogP contribution in [0.2, 0.25) is 5.02 Å². The number of nitrogens with zero attached hydrogens (tertiary/aromatic N) is 2. The number of benzene rings is 1. The number of carboxylic acids is 1. The minimum Gasteiger partial charge on any atom is -0.545 e. The number of hydrogen-bond acceptors (Lipinski definition) is 7. The van der Waals surface area contributed by atoms with Gasteiger partial charge >= 0.3 is 51.4 Å². The number of aromatic carboxylic acids is 1. The number of aryl methyl sites for hydroxylation is 2. The molecular formula is C19H16ClFKN3O5. The van der Waals surface area contributed by atoms with Crippen LogP contribution in [0, 0.1) is 5.82 Å². The number of phenols is 1. The Kier molecular flexibility index (Phi) is 8.25. The van der Waals surface area contributed by atoms with Gasteiger partial charge in [-0.3, -0.25) is 4.79 Å². The van der Waals surface area contributed by atoms with E-state index in [9.17, 15) is 24.2 Å². The van der Waals surface area contributed by atoms with Crippen LogP contribution in [0.3, 0.4) is 0 Å². The summed E-state index contributed by atoms with van der Waals surface area (Å²) >= 11 is 6.21. The topological polar surface area (TPSA) is 134 Å². The minimum atomic E-state index is -1.54. The van der Waals surface area contributed by atoms with Crippen molar-refractivity contribution in [2.75, 3.05) is 5.73 Å². The predicted octanol–water partition coefficient (Wildman–Crippen LogP) is -0.574. The molecule has 0 unspecified atom stereocenters. The van der Waals surface area contributed by atoms with Crippen LogP contribution in [0.25, 0.3) is 11.3 Å². The maximum Gasteiger partial charge on any atom is 1.00 e. The number of ketones is 1. The van der Waals surface area contributed by atoms with Gasteiger partial charge in [0.1, 0.15) is 28.1 Å². The number of Topliss-reactive ketones (excluding diaryl/α,β-unsaturated/α-hetero) is 1. The summed E-state index contributed by atoms with van der Waals surface area (Å²) in [7, 11) is 0. The molecule has 0 aliphatic carbocycles. The van der Waals surface area contributed by atoms with Gasteiger partial charge in [0.15, 0.2) is 11.5 Å². The normalized spacial score (nSPS) is 10.6. The van der Waals surface area contributed by atoms with E-state index in [-0.39, 0.29) is 109 Å². The van der Waals surface area contributed by atoms with Gasteiger partial charge in [-0.15, -0.1) is 0 Å². The number of halogens is 2. The van der Waals surface area contributed by atoms with Gasteiger partial charge < -0.3 is 29.8 Å². The van der Waals surface area contributed by atoms with Gasteiger partial charge in [-0.25, -0.2) is 4.39 Å². The first-order chi connectivity index (χ1) is 13.7. The summed E-state index contributed by atoms with van der Waals surface area (Å²) in [5, 5.41) is 24.4. The Morgan fingerprint density at radius 3 is 2.70 bits per heavy atom. The second-order valence-corrected chi connectivity index (χ2v) is 6.61. The molecule has 0 amide bonds. The average Bonchev–Trinajstić information content (AvgIpc) is 3.19. The van der Waals surface area contributed by atoms with E-state index >= 15 is 0 Å². The second kappa shape index (κ2) is 10.1. The van der Waals surface area contributed by atoms with Crippen molar-refractivity contribution in [3.05, 3.63) is 52.1 Å². The first-order valence-corrected chi connectivity index (χ1v) is 8.98. The van der Waals surface area contributed by atoms with Gasteiger partial charge in [0.25, 0.3) is 0 Å². The number of hydrogen-bond donors (Lipinski definition) is 2. The number of carbonyl (C=O) groups excluding carboxylic acids is 2. The quantitative estimate of drug-likeness (QED) is 0.356. The maximum absolute atomic E-state index is 14.0. The van der Waals surface area contributed by atoms with Crippen molar-refractivity contribution in [2.45, 2.75) is 26.3 Å². The monoisotopic (exact) mass is 459 g/mol. The summed E-state index contributed by atoms with van der Waals surface area (Å²) < 4.78 is 20.6. The molecule has 11 heteroatoms. The second-order valence-electron chi connectivity index (χ2n) is 6.23. The largest absolute Gasteiger partial charge is 1.00 e. The number of anilines is 1. The van der Waals surface area contributed by atoms with Crippen LogP contribution in [-0.2, 0) is 13.0 Å². The molecule has 0 spiro atoms. The Morgan fingerprint density at radius 1 is 1.40 bits per heavy atom. The zero-order valence-corrected chi connectivity index (χ0v) is 20.1. The fourth-order valence-corrected chi connectivity index (χ4v) is 3.22. The van der Waals surface area contributed by atoms with E-state index in [1.807, 2.05) is 0 Å². The van der Waals surface area contributed by atoms with Crippen LogP contribution in [0.5, 0.6) is 5.75 Å². The van der Waals surface area contributed by atoms with Crippen molar-refractivity contribution in [2.24, 2.45) is 0 Å². The first kappa shape index (κ1) is 24.6. The van der Waals surface area contributed by atoms with E-state index in [0.717, 1.165) is 6.07 Å². The maximum atomic E-state index is 14.0. The Balaban J connectivity index is 0.00000320. The molecular weight excluding hydrogens is 444 g/mol. The minimum absolute atomic E-state index is 0. The molecule has 8 nitrogen and oxygen atoms in total. The Hall–Kier alpha value is -1.69. The Bertz CT molecular complexity index is 1110. The van der Waals surface area contributed by atoms with Gasteiger partial charge in [-0.2, -0.15) is 0 Å². The molecule has 0 radical (unpaired) electrons. The summed E-state index contributed by atoms with van der Waals surface area (Å²) in [6.07, 6.45) is 1.23. The summed E-state index contributed by atoms with van der Waals surface area (Å²) in [6.45, 7) is 2.14. The number of carboxylic acid groups (broad SMARTS) is 1. The fourth-order valence-electron chi connectivity index (χ4n) is 2.95. The van der Waals surface area contributed by atoms with Gasteiger partial charge in [0, 0.05) is 48.3 Å². The van der Waals surface area contributed by atoms with Crippen LogP contribution in [0.1, 0.15) is 39.8 Å². The molecule has 3 aromatic rings. The zero-order chi connectivity index (χ0) is 21.3. The molecule has 1 aromatic carbocycles. The number of aromatic hydroxyl groups is 1. The molecule has 0 fully saturated rings. The SMILES string of the molecule is CCn1cc(C(=O)CCc2onc(-c3ccc(O)cc3F)c2Cl)c(C(=O)[O-])c1N.[K+]. The van der Waals surface area contributed by atoms with E-state index in [4.69, 9.17) is 21.9 Å². The molecule has 30 heavy (non-hydrogen) atoms. The van der Waals surface area contributed by atoms with Crippen molar-refractivity contribution < 1.29 is 80.1 Å². The van der Waals surface area contributed by atoms with Gasteiger partial charge in [-0.1, -0.05) is 16.8 Å². The molecule has 0 saturated heterocycles. The molecule has 3 rings (SSSR count). The third-order valence-corrected chi connectivity index (χ3v) is 4.84. The van der Waals surface area contributed by atoms with Gasteiger partial charge in [0.05, 0.1) is 5.97 Å². The third-order valence-electron chi connectivity index (χ3n) is 4.45. The van der Waals surface area contributed by atoms with Crippen LogP contribution in [-0.4, -0.2) is 26.6 Å². The van der Waals surface area contributed by atoms with Crippen LogP contribution in [0.15, 0.2) is 28.9 Å². The number of nitrogen functional groups attached to an aromatic ring is 1. The van der Waals surface area contributed by atoms with Crippen molar-refractivity contribution >= 4 is 29.2 Å². The van der Waals surface area contributed by atoms with E-state index in [1.54, 1.807) is 6.92 Å². The van der Waals surface area contributed by atoms with Crippen LogP contribution in [0.4, 0.5) is 10.2 Å². The molecule has 2 aromatic heterocycles. The van der Waals surface area contributed by atoms with Crippen molar-refractivity contribution in [1.82, 2.24) is 9.72 Å². The number of carbonyl (C=O) groups is 2. The molecule has 0 aliphatic heterocycles. The molecule has 0 saturated carbocycles. The number of nitrogens with two attached hydrogens (primary N) is 1. The Labute approximate surface area is 218 Å². The number of phenolic OH excluding ortho intramolecular Hbond substituents is 1. The summed E-state index contributed by atoms with van der Waals surface area (Å²) in [5.74, 6) is -2.94. The summed E-state index contributed by atoms with van der Waals surface area (Å²) in [6, 6.07) is 3.48. The van der Waals surface area contributed by atoms with Gasteiger partial charge in [0.2, 0.25) is 0 Å². The molecule has 152 valence electrons. The standard InChI is InChI=1S/C19H17ClFN3O5.K/c1-2-24-8-11(15(18(24)22)19(27)28)13(26)5-6-14-16(20)17(23-29-14)10-4-3-9(25)7-12(10)21;/h3-4,7-8,25H,2,5-6,22H2,1H3,(H,27,28);/q;+1/p-1. The van der Waals surface area contributed by atoms with E-state index < -0.39 is 17.6 Å². The van der Waals surface area contributed by atoms with Crippen molar-refractivity contribution in [3.63, 3.8) is 0 Å². The van der Waals surface area contributed by atoms with Crippen LogP contribution < -0.4 is 62.2 Å². The van der Waals surface area contributed by atoms with E-state index in [0.29, 0.717) is 6.54 Å². The summed E-state index contributed by atoms with van der Waals surface area (Å²) in [5.41, 5.74) is 5.40. The third kappa shape index (κ3) is 4.79. The molecule has 0 bridgehead atoms. The number of aromatic nitrogens is 2. The van der Waals surface area contributed by atoms with Crippen molar-refractivity contribution in [1.29, 1.82) is 0 Å². The smallest absolute Gasteiger partial charge is 0.545 e. The number of rotatable bonds is 7. The van der Waals surface area contributed by atoms with Crippen molar-refractivity contribution in [3.8, 4) is 17.0 Å². The Morgan fingerprint density at radius 2 is 2.10 bits per heavy atom. The fraction of sp³-hybridized carbons (Fsp3) is 0.211. The molecule has 2 heterocycles. The molecule has 0 aliphatic rings. The average molecular weight is 460 g/mol. The van der Waals surface area contributed by atoms with Crippen LogP contribution >= 0.6 is 11.6 Å². The predicted molar refractivity (Wildman–Crippen MR) is 100 cm³/mol. The zero-order valence-electron chi connectivity index (χ0n) is 16.2.